The predicted molar refractivity (Wildman–Crippen MR) is 47.2 cm³/mol. The molecule has 0 aliphatic carbocycles. The fraction of sp³-hybridized carbons (Fsp3) is 0.571. The van der Waals surface area contributed by atoms with Gasteiger partial charge in [-0.2, -0.15) is 0 Å². The van der Waals surface area contributed by atoms with E-state index in [1.807, 2.05) is 6.20 Å². The van der Waals surface area contributed by atoms with Gasteiger partial charge in [0.15, 0.2) is 4.47 Å². The number of hydrogen-bond acceptors (Lipinski definition) is 3. The highest BCUT2D eigenvalue weighted by molar-refractivity contribution is 7.15. The van der Waals surface area contributed by atoms with Crippen LogP contribution in [0.25, 0.3) is 0 Å². The minimum atomic E-state index is 0.660. The van der Waals surface area contributed by atoms with Crippen LogP contribution in [-0.2, 0) is 6.42 Å². The molecule has 0 atom stereocenters. The van der Waals surface area contributed by atoms with Crippen molar-refractivity contribution in [1.29, 1.82) is 0 Å². The van der Waals surface area contributed by atoms with Crippen LogP contribution in [-0.4, -0.2) is 18.1 Å². The van der Waals surface area contributed by atoms with Crippen molar-refractivity contribution in [2.75, 3.05) is 13.1 Å². The molecule has 1 aliphatic rings. The van der Waals surface area contributed by atoms with E-state index in [-0.39, 0.29) is 0 Å². The van der Waals surface area contributed by atoms with Crippen molar-refractivity contribution in [1.82, 2.24) is 10.3 Å². The van der Waals surface area contributed by atoms with E-state index in [1.54, 1.807) is 11.3 Å². The minimum Gasteiger partial charge on any atom is -0.316 e. The van der Waals surface area contributed by atoms with E-state index in [1.165, 1.54) is 4.88 Å². The summed E-state index contributed by atoms with van der Waals surface area (Å²) in [6.07, 6.45) is 3.02. The predicted octanol–water partition coefficient (Wildman–Crippen LogP) is 1.56. The molecule has 0 unspecified atom stereocenters. The lowest BCUT2D eigenvalue weighted by Crippen LogP contribution is -2.42. The number of thiazole rings is 1. The van der Waals surface area contributed by atoms with Gasteiger partial charge in [-0.15, -0.1) is 11.3 Å². The summed E-state index contributed by atoms with van der Waals surface area (Å²) >= 11 is 7.29. The van der Waals surface area contributed by atoms with Gasteiger partial charge in [-0.3, -0.25) is 0 Å². The van der Waals surface area contributed by atoms with Crippen molar-refractivity contribution >= 4 is 22.9 Å². The van der Waals surface area contributed by atoms with Gasteiger partial charge in [0.05, 0.1) is 0 Å². The zero-order valence-electron chi connectivity index (χ0n) is 6.01. The Labute approximate surface area is 74.6 Å². The van der Waals surface area contributed by atoms with Crippen LogP contribution in [0, 0.1) is 5.92 Å². The first-order valence-electron chi connectivity index (χ1n) is 3.65. The number of nitrogens with one attached hydrogen (secondary N) is 1. The molecule has 0 spiro atoms. The Morgan fingerprint density at radius 2 is 2.55 bits per heavy atom. The van der Waals surface area contributed by atoms with Crippen molar-refractivity contribution in [2.45, 2.75) is 6.42 Å². The van der Waals surface area contributed by atoms with Gasteiger partial charge in [-0.05, 0) is 25.4 Å². The third-order valence-electron chi connectivity index (χ3n) is 1.88. The first-order chi connectivity index (χ1) is 5.34. The monoisotopic (exact) mass is 188 g/mol. The van der Waals surface area contributed by atoms with Crippen LogP contribution in [0.4, 0.5) is 0 Å². The highest BCUT2D eigenvalue weighted by atomic mass is 35.5. The molecule has 1 aromatic rings. The second-order valence-electron chi connectivity index (χ2n) is 2.81. The van der Waals surface area contributed by atoms with E-state index in [4.69, 9.17) is 11.6 Å². The Morgan fingerprint density at radius 3 is 3.00 bits per heavy atom. The van der Waals surface area contributed by atoms with Crippen LogP contribution < -0.4 is 5.32 Å². The van der Waals surface area contributed by atoms with Gasteiger partial charge >= 0.3 is 0 Å². The second kappa shape index (κ2) is 3.09. The molecule has 11 heavy (non-hydrogen) atoms. The summed E-state index contributed by atoms with van der Waals surface area (Å²) in [5, 5.41) is 3.24. The Bertz CT molecular complexity index is 244. The van der Waals surface area contributed by atoms with Gasteiger partial charge in [0.1, 0.15) is 0 Å². The number of rotatable bonds is 2. The maximum atomic E-state index is 5.70. The summed E-state index contributed by atoms with van der Waals surface area (Å²) in [4.78, 5) is 5.30. The molecule has 1 aromatic heterocycles. The van der Waals surface area contributed by atoms with Gasteiger partial charge in [0.2, 0.25) is 0 Å². The summed E-state index contributed by atoms with van der Waals surface area (Å²) in [6, 6.07) is 0. The Hall–Kier alpha value is -0.120. The van der Waals surface area contributed by atoms with Crippen molar-refractivity contribution < 1.29 is 0 Å². The lowest BCUT2D eigenvalue weighted by Gasteiger charge is -2.26. The fourth-order valence-electron chi connectivity index (χ4n) is 1.16. The first kappa shape index (κ1) is 7.53. The van der Waals surface area contributed by atoms with E-state index in [9.17, 15) is 0 Å². The molecule has 2 nitrogen and oxygen atoms in total. The number of halogens is 1. The average Bonchev–Trinajstić information content (AvgIpc) is 2.27. The third-order valence-corrected chi connectivity index (χ3v) is 3.02. The Kier molecular flexibility index (Phi) is 2.11. The number of nitrogens with zero attached hydrogens (tertiary/aromatic N) is 1. The summed E-state index contributed by atoms with van der Waals surface area (Å²) in [5.74, 6) is 0.812. The third kappa shape index (κ3) is 1.72. The molecule has 4 heteroatoms. The van der Waals surface area contributed by atoms with Crippen molar-refractivity contribution in [3.63, 3.8) is 0 Å². The van der Waals surface area contributed by atoms with Gasteiger partial charge < -0.3 is 5.32 Å². The zero-order chi connectivity index (χ0) is 7.68. The largest absolute Gasteiger partial charge is 0.316 e. The minimum absolute atomic E-state index is 0.660. The second-order valence-corrected chi connectivity index (χ2v) is 4.51. The summed E-state index contributed by atoms with van der Waals surface area (Å²) in [6.45, 7) is 2.30. The van der Waals surface area contributed by atoms with Crippen LogP contribution in [0.5, 0.6) is 0 Å². The highest BCUT2D eigenvalue weighted by Crippen LogP contribution is 2.21. The zero-order valence-corrected chi connectivity index (χ0v) is 7.58. The lowest BCUT2D eigenvalue weighted by atomic mass is 9.99. The van der Waals surface area contributed by atoms with E-state index in [2.05, 4.69) is 10.3 Å². The molecule has 0 saturated carbocycles. The summed E-state index contributed by atoms with van der Waals surface area (Å²) < 4.78 is 0.660. The molecule has 2 heterocycles. The van der Waals surface area contributed by atoms with Gasteiger partial charge in [-0.25, -0.2) is 4.98 Å². The first-order valence-corrected chi connectivity index (χ1v) is 4.85. The van der Waals surface area contributed by atoms with E-state index in [0.717, 1.165) is 25.4 Å². The average molecular weight is 189 g/mol. The molecular formula is C7H9ClN2S. The standard InChI is InChI=1S/C7H9ClN2S/c8-7-10-4-6(11-7)1-5-2-9-3-5/h4-5,9H,1-3H2. The summed E-state index contributed by atoms with van der Waals surface area (Å²) in [5.41, 5.74) is 0. The Balaban J connectivity index is 1.95. The Morgan fingerprint density at radius 1 is 1.73 bits per heavy atom. The number of aromatic nitrogens is 1. The van der Waals surface area contributed by atoms with Gasteiger partial charge in [0.25, 0.3) is 0 Å². The SMILES string of the molecule is Clc1ncc(CC2CNC2)s1. The lowest BCUT2D eigenvalue weighted by molar-refractivity contribution is 0.348. The molecule has 0 amide bonds. The van der Waals surface area contributed by atoms with Crippen LogP contribution in [0.2, 0.25) is 4.47 Å². The van der Waals surface area contributed by atoms with E-state index >= 15 is 0 Å². The van der Waals surface area contributed by atoms with E-state index < -0.39 is 0 Å². The maximum absolute atomic E-state index is 5.70. The number of hydrogen-bond donors (Lipinski definition) is 1. The molecule has 2 rings (SSSR count). The quantitative estimate of drug-likeness (QED) is 0.762. The van der Waals surface area contributed by atoms with Crippen molar-refractivity contribution in [3.05, 3.63) is 15.5 Å². The molecule has 1 N–H and O–H groups in total. The van der Waals surface area contributed by atoms with Crippen molar-refractivity contribution in [2.24, 2.45) is 5.92 Å². The topological polar surface area (TPSA) is 24.9 Å². The van der Waals surface area contributed by atoms with Crippen LogP contribution in [0.3, 0.4) is 0 Å². The summed E-state index contributed by atoms with van der Waals surface area (Å²) in [7, 11) is 0. The fourth-order valence-corrected chi connectivity index (χ4v) is 2.25. The highest BCUT2D eigenvalue weighted by Gasteiger charge is 2.17. The molecule has 0 aromatic carbocycles. The molecule has 1 fully saturated rings. The molecule has 0 bridgehead atoms. The van der Waals surface area contributed by atoms with Crippen LogP contribution >= 0.6 is 22.9 Å². The van der Waals surface area contributed by atoms with Crippen LogP contribution in [0.15, 0.2) is 6.20 Å². The maximum Gasteiger partial charge on any atom is 0.183 e. The van der Waals surface area contributed by atoms with Gasteiger partial charge in [-0.1, -0.05) is 11.6 Å². The van der Waals surface area contributed by atoms with E-state index in [0.29, 0.717) is 4.47 Å². The molecule has 1 saturated heterocycles. The van der Waals surface area contributed by atoms with Crippen LogP contribution in [0.1, 0.15) is 4.88 Å². The van der Waals surface area contributed by atoms with Gasteiger partial charge in [0, 0.05) is 11.1 Å². The molecular weight excluding hydrogens is 180 g/mol. The molecule has 0 radical (unpaired) electrons. The normalized spacial score (nSPS) is 18.3. The smallest absolute Gasteiger partial charge is 0.183 e. The molecule has 1 aliphatic heterocycles. The molecule has 60 valence electrons. The van der Waals surface area contributed by atoms with Crippen molar-refractivity contribution in [3.8, 4) is 0 Å².